The van der Waals surface area contributed by atoms with Crippen LogP contribution in [0.3, 0.4) is 0 Å². The monoisotopic (exact) mass is 269 g/mol. The van der Waals surface area contributed by atoms with E-state index in [1.807, 2.05) is 31.2 Å². The number of pyridine rings is 1. The molecule has 0 radical (unpaired) electrons. The molecule has 0 saturated carbocycles. The zero-order chi connectivity index (χ0) is 14.4. The molecule has 2 N–H and O–H groups in total. The Kier molecular flexibility index (Phi) is 4.71. The number of nitrogens with one attached hydrogen (secondary N) is 2. The predicted molar refractivity (Wildman–Crippen MR) is 82.1 cm³/mol. The number of amides is 1. The Morgan fingerprint density at radius 3 is 2.90 bits per heavy atom. The van der Waals surface area contributed by atoms with Gasteiger partial charge in [0.1, 0.15) is 0 Å². The van der Waals surface area contributed by atoms with Gasteiger partial charge in [0.25, 0.3) is 5.91 Å². The van der Waals surface area contributed by atoms with E-state index in [9.17, 15) is 4.79 Å². The third kappa shape index (κ3) is 3.57. The summed E-state index contributed by atoms with van der Waals surface area (Å²) >= 11 is 0. The fourth-order valence-corrected chi connectivity index (χ4v) is 1.91. The van der Waals surface area contributed by atoms with E-state index in [1.165, 1.54) is 0 Å². The predicted octanol–water partition coefficient (Wildman–Crippen LogP) is 3.46. The van der Waals surface area contributed by atoms with Crippen molar-refractivity contribution < 1.29 is 4.79 Å². The molecule has 0 aliphatic carbocycles. The molecule has 0 atom stereocenters. The summed E-state index contributed by atoms with van der Waals surface area (Å²) in [4.78, 5) is 16.4. The van der Waals surface area contributed by atoms with Crippen LogP contribution in [-0.2, 0) is 0 Å². The first-order chi connectivity index (χ1) is 9.70. The normalized spacial score (nSPS) is 10.1. The lowest BCUT2D eigenvalue weighted by molar-refractivity contribution is 0.102. The Bertz CT molecular complexity index is 596. The molecular weight excluding hydrogens is 250 g/mol. The molecule has 4 nitrogen and oxygen atoms in total. The molecule has 1 aromatic carbocycles. The summed E-state index contributed by atoms with van der Waals surface area (Å²) in [6.07, 6.45) is 4.30. The summed E-state index contributed by atoms with van der Waals surface area (Å²) in [6.45, 7) is 4.89. The van der Waals surface area contributed by atoms with Crippen LogP contribution in [0.25, 0.3) is 0 Å². The van der Waals surface area contributed by atoms with Gasteiger partial charge in [0, 0.05) is 18.4 Å². The highest BCUT2D eigenvalue weighted by molar-refractivity contribution is 6.07. The van der Waals surface area contributed by atoms with Crippen molar-refractivity contribution in [1.29, 1.82) is 0 Å². The molecule has 0 saturated heterocycles. The third-order valence-electron chi connectivity index (χ3n) is 2.91. The van der Waals surface area contributed by atoms with Crippen LogP contribution in [0.4, 0.5) is 11.4 Å². The van der Waals surface area contributed by atoms with Gasteiger partial charge in [-0.05, 0) is 37.1 Å². The quantitative estimate of drug-likeness (QED) is 0.874. The van der Waals surface area contributed by atoms with Crippen molar-refractivity contribution in [2.24, 2.45) is 0 Å². The average molecular weight is 269 g/mol. The lowest BCUT2D eigenvalue weighted by Gasteiger charge is -2.11. The topological polar surface area (TPSA) is 54.0 Å². The van der Waals surface area contributed by atoms with Gasteiger partial charge >= 0.3 is 0 Å². The molecule has 1 heterocycles. The molecule has 0 bridgehead atoms. The third-order valence-corrected chi connectivity index (χ3v) is 2.91. The number of hydrogen-bond acceptors (Lipinski definition) is 3. The van der Waals surface area contributed by atoms with Gasteiger partial charge in [-0.3, -0.25) is 9.78 Å². The van der Waals surface area contributed by atoms with E-state index in [1.54, 1.807) is 18.5 Å². The van der Waals surface area contributed by atoms with Crippen LogP contribution in [0, 0.1) is 6.92 Å². The zero-order valence-electron chi connectivity index (χ0n) is 11.8. The first kappa shape index (κ1) is 14.1. The van der Waals surface area contributed by atoms with Crippen LogP contribution < -0.4 is 10.6 Å². The maximum Gasteiger partial charge on any atom is 0.257 e. The summed E-state index contributed by atoms with van der Waals surface area (Å²) in [5, 5.41) is 6.13. The Labute approximate surface area is 119 Å². The van der Waals surface area contributed by atoms with Crippen molar-refractivity contribution in [2.45, 2.75) is 20.3 Å². The molecule has 0 spiro atoms. The lowest BCUT2D eigenvalue weighted by Crippen LogP contribution is -2.15. The first-order valence-corrected chi connectivity index (χ1v) is 6.76. The minimum absolute atomic E-state index is 0.128. The van der Waals surface area contributed by atoms with Crippen LogP contribution >= 0.6 is 0 Å². The van der Waals surface area contributed by atoms with E-state index in [2.05, 4.69) is 22.5 Å². The molecule has 20 heavy (non-hydrogen) atoms. The number of benzene rings is 1. The Morgan fingerprint density at radius 1 is 1.30 bits per heavy atom. The molecule has 2 aromatic rings. The lowest BCUT2D eigenvalue weighted by atomic mass is 10.2. The summed E-state index contributed by atoms with van der Waals surface area (Å²) in [6, 6.07) is 9.47. The largest absolute Gasteiger partial charge is 0.383 e. The molecule has 0 fully saturated rings. The van der Waals surface area contributed by atoms with Crippen molar-refractivity contribution in [3.05, 3.63) is 53.9 Å². The fraction of sp³-hybridized carbons (Fsp3) is 0.250. The summed E-state index contributed by atoms with van der Waals surface area (Å²) in [7, 11) is 0. The van der Waals surface area contributed by atoms with Gasteiger partial charge in [-0.25, -0.2) is 0 Å². The van der Waals surface area contributed by atoms with E-state index in [0.29, 0.717) is 5.56 Å². The van der Waals surface area contributed by atoms with E-state index < -0.39 is 0 Å². The zero-order valence-corrected chi connectivity index (χ0v) is 11.8. The van der Waals surface area contributed by atoms with Crippen molar-refractivity contribution in [2.75, 3.05) is 17.2 Å². The number of aromatic nitrogens is 1. The van der Waals surface area contributed by atoms with Crippen molar-refractivity contribution in [3.63, 3.8) is 0 Å². The molecule has 0 aliphatic heterocycles. The van der Waals surface area contributed by atoms with E-state index >= 15 is 0 Å². The van der Waals surface area contributed by atoms with E-state index in [0.717, 1.165) is 29.9 Å². The second-order valence-corrected chi connectivity index (χ2v) is 4.67. The molecule has 2 rings (SSSR count). The highest BCUT2D eigenvalue weighted by atomic mass is 16.1. The first-order valence-electron chi connectivity index (χ1n) is 6.76. The van der Waals surface area contributed by atoms with E-state index in [4.69, 9.17) is 0 Å². The van der Waals surface area contributed by atoms with E-state index in [-0.39, 0.29) is 5.91 Å². The second-order valence-electron chi connectivity index (χ2n) is 4.67. The van der Waals surface area contributed by atoms with Crippen LogP contribution in [0.15, 0.2) is 42.7 Å². The average Bonchev–Trinajstić information content (AvgIpc) is 2.45. The maximum absolute atomic E-state index is 12.3. The molecule has 1 aromatic heterocycles. The SMILES string of the molecule is CCCNc1cnccc1C(=O)Nc1cccc(C)c1. The highest BCUT2D eigenvalue weighted by Gasteiger charge is 2.11. The van der Waals surface area contributed by atoms with Crippen molar-refractivity contribution in [3.8, 4) is 0 Å². The summed E-state index contributed by atoms with van der Waals surface area (Å²) in [5.41, 5.74) is 3.28. The van der Waals surface area contributed by atoms with Gasteiger partial charge in [-0.15, -0.1) is 0 Å². The van der Waals surface area contributed by atoms with Crippen LogP contribution in [-0.4, -0.2) is 17.4 Å². The molecule has 4 heteroatoms. The Hall–Kier alpha value is -2.36. The highest BCUT2D eigenvalue weighted by Crippen LogP contribution is 2.17. The molecule has 0 unspecified atom stereocenters. The van der Waals surface area contributed by atoms with Crippen LogP contribution in [0.2, 0.25) is 0 Å². The van der Waals surface area contributed by atoms with Gasteiger partial charge in [0.15, 0.2) is 0 Å². The fourth-order valence-electron chi connectivity index (χ4n) is 1.91. The van der Waals surface area contributed by atoms with Gasteiger partial charge in [0.05, 0.1) is 17.4 Å². The Morgan fingerprint density at radius 2 is 2.15 bits per heavy atom. The number of carbonyl (C=O) groups excluding carboxylic acids is 1. The molecular formula is C16H19N3O. The number of hydrogen-bond donors (Lipinski definition) is 2. The van der Waals surface area contributed by atoms with Gasteiger partial charge in [-0.1, -0.05) is 19.1 Å². The minimum atomic E-state index is -0.128. The smallest absolute Gasteiger partial charge is 0.257 e. The number of nitrogens with zero attached hydrogens (tertiary/aromatic N) is 1. The van der Waals surface area contributed by atoms with Crippen molar-refractivity contribution >= 4 is 17.3 Å². The number of rotatable bonds is 5. The summed E-state index contributed by atoms with van der Waals surface area (Å²) < 4.78 is 0. The standard InChI is InChI=1S/C16H19N3O/c1-3-8-18-15-11-17-9-7-14(15)16(20)19-13-6-4-5-12(2)10-13/h4-7,9-11,18H,3,8H2,1-2H3,(H,19,20). The number of anilines is 2. The Balaban J connectivity index is 2.16. The van der Waals surface area contributed by atoms with Gasteiger partial charge in [0.2, 0.25) is 0 Å². The minimum Gasteiger partial charge on any atom is -0.383 e. The van der Waals surface area contributed by atoms with Crippen molar-refractivity contribution in [1.82, 2.24) is 4.98 Å². The van der Waals surface area contributed by atoms with Gasteiger partial charge in [-0.2, -0.15) is 0 Å². The second kappa shape index (κ2) is 6.70. The van der Waals surface area contributed by atoms with Gasteiger partial charge < -0.3 is 10.6 Å². The number of carbonyl (C=O) groups is 1. The molecule has 104 valence electrons. The van der Waals surface area contributed by atoms with Crippen LogP contribution in [0.5, 0.6) is 0 Å². The van der Waals surface area contributed by atoms with Crippen LogP contribution in [0.1, 0.15) is 29.3 Å². The maximum atomic E-state index is 12.3. The molecule has 1 amide bonds. The molecule has 0 aliphatic rings. The number of aryl methyl sites for hydroxylation is 1. The summed E-state index contributed by atoms with van der Waals surface area (Å²) in [5.74, 6) is -0.128.